The third-order valence-corrected chi connectivity index (χ3v) is 3.28. The van der Waals surface area contributed by atoms with Crippen molar-refractivity contribution in [2.24, 2.45) is 13.0 Å². The summed E-state index contributed by atoms with van der Waals surface area (Å²) in [6.45, 7) is 3.54. The van der Waals surface area contributed by atoms with E-state index in [0.29, 0.717) is 18.5 Å². The Morgan fingerprint density at radius 2 is 2.12 bits per heavy atom. The number of aromatic nitrogens is 2. The van der Waals surface area contributed by atoms with Crippen molar-refractivity contribution in [3.8, 4) is 0 Å². The van der Waals surface area contributed by atoms with E-state index in [-0.39, 0.29) is 17.2 Å². The van der Waals surface area contributed by atoms with E-state index in [0.717, 1.165) is 4.57 Å². The lowest BCUT2D eigenvalue weighted by molar-refractivity contribution is 0.296. The average molecular weight is 226 g/mol. The highest BCUT2D eigenvalue weighted by molar-refractivity contribution is 5.05. The Labute approximate surface area is 92.3 Å². The fourth-order valence-electron chi connectivity index (χ4n) is 1.93. The molecule has 1 aliphatic rings. The molecular formula is C11H15FN2O2. The number of aryl methyl sites for hydroxylation is 1. The van der Waals surface area contributed by atoms with E-state index < -0.39 is 5.67 Å². The normalized spacial score (nSPS) is 28.1. The summed E-state index contributed by atoms with van der Waals surface area (Å²) in [4.78, 5) is 23.2. The van der Waals surface area contributed by atoms with Crippen molar-refractivity contribution in [1.82, 2.24) is 9.13 Å². The largest absolute Gasteiger partial charge is 0.330 e. The summed E-state index contributed by atoms with van der Waals surface area (Å²) in [5.41, 5.74) is -1.32. The van der Waals surface area contributed by atoms with Crippen molar-refractivity contribution in [1.29, 1.82) is 0 Å². The van der Waals surface area contributed by atoms with Crippen LogP contribution in [0.3, 0.4) is 0 Å². The zero-order valence-corrected chi connectivity index (χ0v) is 9.66. The molecule has 88 valence electrons. The Bertz CT molecular complexity index is 542. The number of alkyl halides is 1. The zero-order chi connectivity index (χ0) is 12.1. The van der Waals surface area contributed by atoms with E-state index in [4.69, 9.17) is 0 Å². The number of nitrogens with zero attached hydrogens (tertiary/aromatic N) is 2. The van der Waals surface area contributed by atoms with Gasteiger partial charge in [0.15, 0.2) is 0 Å². The van der Waals surface area contributed by atoms with Crippen molar-refractivity contribution < 1.29 is 4.39 Å². The predicted octanol–water partition coefficient (Wildman–Crippen LogP) is 0.604. The molecule has 0 spiro atoms. The summed E-state index contributed by atoms with van der Waals surface area (Å²) in [7, 11) is 1.44. The zero-order valence-electron chi connectivity index (χ0n) is 9.66. The van der Waals surface area contributed by atoms with Crippen LogP contribution in [0.1, 0.15) is 18.9 Å². The van der Waals surface area contributed by atoms with Crippen molar-refractivity contribution in [2.75, 3.05) is 0 Å². The molecule has 2 rings (SSSR count). The molecule has 2 unspecified atom stereocenters. The first-order chi connectivity index (χ1) is 7.33. The average Bonchev–Trinajstić information content (AvgIpc) is 2.79. The van der Waals surface area contributed by atoms with Gasteiger partial charge in [-0.1, -0.05) is 0 Å². The van der Waals surface area contributed by atoms with E-state index in [9.17, 15) is 14.0 Å². The Hall–Kier alpha value is -1.39. The molecule has 0 radical (unpaired) electrons. The first kappa shape index (κ1) is 11.1. The molecule has 1 aliphatic carbocycles. The Kier molecular flexibility index (Phi) is 2.29. The highest BCUT2D eigenvalue weighted by Crippen LogP contribution is 2.47. The van der Waals surface area contributed by atoms with Gasteiger partial charge in [0.1, 0.15) is 5.67 Å². The summed E-state index contributed by atoms with van der Waals surface area (Å²) in [5.74, 6) is -0.109. The molecule has 1 saturated carbocycles. The summed E-state index contributed by atoms with van der Waals surface area (Å²) in [5, 5.41) is 0. The maximum atomic E-state index is 13.4. The first-order valence-electron chi connectivity index (χ1n) is 5.29. The highest BCUT2D eigenvalue weighted by atomic mass is 19.1. The summed E-state index contributed by atoms with van der Waals surface area (Å²) < 4.78 is 15.9. The van der Waals surface area contributed by atoms with Crippen LogP contribution in [0.15, 0.2) is 15.8 Å². The van der Waals surface area contributed by atoms with Crippen molar-refractivity contribution in [3.05, 3.63) is 32.6 Å². The molecule has 16 heavy (non-hydrogen) atoms. The van der Waals surface area contributed by atoms with Crippen molar-refractivity contribution >= 4 is 0 Å². The maximum Gasteiger partial charge on any atom is 0.330 e. The molecular weight excluding hydrogens is 211 g/mol. The monoisotopic (exact) mass is 226 g/mol. The van der Waals surface area contributed by atoms with Gasteiger partial charge in [-0.25, -0.2) is 9.18 Å². The number of hydrogen-bond donors (Lipinski definition) is 0. The molecule has 0 aromatic carbocycles. The second-order valence-corrected chi connectivity index (χ2v) is 4.79. The molecule has 0 saturated heterocycles. The van der Waals surface area contributed by atoms with Crippen LogP contribution in [0.2, 0.25) is 0 Å². The molecule has 2 atom stereocenters. The van der Waals surface area contributed by atoms with Crippen LogP contribution in [0.25, 0.3) is 0 Å². The molecule has 0 amide bonds. The van der Waals surface area contributed by atoms with Gasteiger partial charge in [-0.05, 0) is 20.3 Å². The molecule has 0 N–H and O–H groups in total. The number of rotatable bonds is 2. The molecule has 1 heterocycles. The predicted molar refractivity (Wildman–Crippen MR) is 58.3 cm³/mol. The van der Waals surface area contributed by atoms with Crippen LogP contribution >= 0.6 is 0 Å². The highest BCUT2D eigenvalue weighted by Gasteiger charge is 2.51. The van der Waals surface area contributed by atoms with Gasteiger partial charge in [0.2, 0.25) is 0 Å². The van der Waals surface area contributed by atoms with Crippen LogP contribution in [0.4, 0.5) is 4.39 Å². The van der Waals surface area contributed by atoms with Gasteiger partial charge >= 0.3 is 5.69 Å². The lowest BCUT2D eigenvalue weighted by Crippen LogP contribution is -2.39. The Balaban J connectivity index is 2.36. The maximum absolute atomic E-state index is 13.4. The smallest absolute Gasteiger partial charge is 0.300 e. The van der Waals surface area contributed by atoms with Crippen LogP contribution in [-0.4, -0.2) is 14.8 Å². The minimum atomic E-state index is -1.15. The fraction of sp³-hybridized carbons (Fsp3) is 0.636. The first-order valence-corrected chi connectivity index (χ1v) is 5.29. The molecule has 0 aliphatic heterocycles. The van der Waals surface area contributed by atoms with E-state index in [1.54, 1.807) is 6.92 Å². The summed E-state index contributed by atoms with van der Waals surface area (Å²) in [6.07, 6.45) is 2.00. The molecule has 4 nitrogen and oxygen atoms in total. The molecule has 0 bridgehead atoms. The van der Waals surface area contributed by atoms with Crippen LogP contribution in [0.5, 0.6) is 0 Å². The van der Waals surface area contributed by atoms with Gasteiger partial charge in [0, 0.05) is 31.3 Å². The van der Waals surface area contributed by atoms with Gasteiger partial charge in [0.05, 0.1) is 0 Å². The Morgan fingerprint density at radius 1 is 1.56 bits per heavy atom. The van der Waals surface area contributed by atoms with Crippen molar-refractivity contribution in [2.45, 2.75) is 32.5 Å². The fourth-order valence-corrected chi connectivity index (χ4v) is 1.93. The molecule has 1 aromatic heterocycles. The van der Waals surface area contributed by atoms with Crippen molar-refractivity contribution in [3.63, 3.8) is 0 Å². The lowest BCUT2D eigenvalue weighted by atomic mass is 10.3. The van der Waals surface area contributed by atoms with Gasteiger partial charge in [-0.2, -0.15) is 0 Å². The quantitative estimate of drug-likeness (QED) is 0.741. The van der Waals surface area contributed by atoms with E-state index in [2.05, 4.69) is 0 Å². The minimum Gasteiger partial charge on any atom is -0.300 e. The summed E-state index contributed by atoms with van der Waals surface area (Å²) in [6, 6.07) is 0. The number of halogens is 1. The van der Waals surface area contributed by atoms with Gasteiger partial charge in [0.25, 0.3) is 5.56 Å². The second-order valence-electron chi connectivity index (χ2n) is 4.79. The number of hydrogen-bond acceptors (Lipinski definition) is 2. The molecule has 1 fully saturated rings. The van der Waals surface area contributed by atoms with Crippen LogP contribution in [0, 0.1) is 12.8 Å². The molecule has 1 aromatic rings. The van der Waals surface area contributed by atoms with Gasteiger partial charge < -0.3 is 0 Å². The second kappa shape index (κ2) is 3.30. The SMILES string of the molecule is Cc1cn(CC2CC2(C)F)c(=O)n(C)c1=O. The topological polar surface area (TPSA) is 44.0 Å². The third-order valence-electron chi connectivity index (χ3n) is 3.28. The lowest BCUT2D eigenvalue weighted by Gasteiger charge is -2.08. The van der Waals surface area contributed by atoms with E-state index in [1.165, 1.54) is 24.7 Å². The van der Waals surface area contributed by atoms with Gasteiger partial charge in [-0.3, -0.25) is 13.9 Å². The molecule has 5 heteroatoms. The van der Waals surface area contributed by atoms with Crippen LogP contribution in [-0.2, 0) is 13.6 Å². The van der Waals surface area contributed by atoms with Crippen LogP contribution < -0.4 is 11.2 Å². The standard InChI is InChI=1S/C11H15FN2O2/c1-7-5-14(6-8-4-11(8,2)12)10(16)13(3)9(7)15/h5,8H,4,6H2,1-3H3. The minimum absolute atomic E-state index is 0.109. The third kappa shape index (κ3) is 1.70. The van der Waals surface area contributed by atoms with E-state index >= 15 is 0 Å². The Morgan fingerprint density at radius 3 is 2.62 bits per heavy atom. The summed E-state index contributed by atoms with van der Waals surface area (Å²) >= 11 is 0. The van der Waals surface area contributed by atoms with Gasteiger partial charge in [-0.15, -0.1) is 0 Å². The van der Waals surface area contributed by atoms with E-state index in [1.807, 2.05) is 0 Å².